The highest BCUT2D eigenvalue weighted by atomic mass is 127. The predicted octanol–water partition coefficient (Wildman–Crippen LogP) is 0.375. The van der Waals surface area contributed by atoms with Gasteiger partial charge in [0.1, 0.15) is 12.7 Å². The monoisotopic (exact) mass is 338 g/mol. The quantitative estimate of drug-likeness (QED) is 0.454. The van der Waals surface area contributed by atoms with Crippen LogP contribution in [-0.2, 0) is 6.54 Å². The Labute approximate surface area is 113 Å². The molecule has 92 valence electrons. The number of hydrogen-bond acceptors (Lipinski definition) is 3. The lowest BCUT2D eigenvalue weighted by atomic mass is 10.6. The average Bonchev–Trinajstić information content (AvgIpc) is 2.63. The number of rotatable bonds is 3. The molecule has 1 heterocycles. The van der Waals surface area contributed by atoms with Crippen molar-refractivity contribution < 1.29 is 0 Å². The molecule has 0 radical (unpaired) electrons. The van der Waals surface area contributed by atoms with E-state index in [0.717, 1.165) is 12.5 Å². The summed E-state index contributed by atoms with van der Waals surface area (Å²) in [6.45, 7) is 1.46. The third-order valence-electron chi connectivity index (χ3n) is 1.85. The minimum atomic E-state index is 0. The summed E-state index contributed by atoms with van der Waals surface area (Å²) in [5, 5.41) is 4.01. The summed E-state index contributed by atoms with van der Waals surface area (Å²) < 4.78 is 1.77. The van der Waals surface area contributed by atoms with Gasteiger partial charge in [0.15, 0.2) is 5.96 Å². The lowest BCUT2D eigenvalue weighted by molar-refractivity contribution is 0.476. The van der Waals surface area contributed by atoms with Crippen molar-refractivity contribution in [1.82, 2.24) is 24.6 Å². The van der Waals surface area contributed by atoms with Gasteiger partial charge in [0.25, 0.3) is 0 Å². The topological polar surface area (TPSA) is 49.6 Å². The molecule has 7 heteroatoms. The van der Waals surface area contributed by atoms with Crippen LogP contribution in [0.4, 0.5) is 0 Å². The Morgan fingerprint density at radius 2 is 1.88 bits per heavy atom. The van der Waals surface area contributed by atoms with Crippen molar-refractivity contribution in [3.8, 4) is 0 Å². The summed E-state index contributed by atoms with van der Waals surface area (Å²) in [5.41, 5.74) is 0. The van der Waals surface area contributed by atoms with Gasteiger partial charge in [0.2, 0.25) is 0 Å². The number of nitrogens with zero attached hydrogens (tertiary/aromatic N) is 6. The number of aromatic nitrogens is 3. The summed E-state index contributed by atoms with van der Waals surface area (Å²) in [6, 6.07) is 0. The molecule has 1 rings (SSSR count). The Morgan fingerprint density at radius 3 is 2.31 bits per heavy atom. The fraction of sp³-hybridized carbons (Fsp3) is 0.667. The van der Waals surface area contributed by atoms with Crippen molar-refractivity contribution in [3.05, 3.63) is 12.7 Å². The number of halogens is 1. The molecule has 0 saturated heterocycles. The molecule has 0 aromatic carbocycles. The Balaban J connectivity index is 0.00000225. The zero-order chi connectivity index (χ0) is 11.3. The van der Waals surface area contributed by atoms with Gasteiger partial charge in [-0.25, -0.2) is 4.98 Å². The van der Waals surface area contributed by atoms with Crippen LogP contribution in [0.5, 0.6) is 0 Å². The van der Waals surface area contributed by atoms with E-state index in [-0.39, 0.29) is 24.0 Å². The maximum atomic E-state index is 4.48. The van der Waals surface area contributed by atoms with Gasteiger partial charge in [-0.1, -0.05) is 0 Å². The van der Waals surface area contributed by atoms with Crippen LogP contribution in [0.25, 0.3) is 0 Å². The molecule has 0 saturated carbocycles. The van der Waals surface area contributed by atoms with Gasteiger partial charge in [0, 0.05) is 28.2 Å². The SMILES string of the molecule is CN(C)C(=NCCn1cncn1)N(C)C.I. The van der Waals surface area contributed by atoms with Crippen LogP contribution in [0.15, 0.2) is 17.6 Å². The fourth-order valence-corrected chi connectivity index (χ4v) is 1.28. The first-order chi connectivity index (χ1) is 7.11. The van der Waals surface area contributed by atoms with E-state index in [1.165, 1.54) is 6.33 Å². The zero-order valence-electron chi connectivity index (χ0n) is 10.2. The van der Waals surface area contributed by atoms with E-state index >= 15 is 0 Å². The summed E-state index contributed by atoms with van der Waals surface area (Å²) in [5.74, 6) is 0.954. The number of aliphatic imine (C=N–C) groups is 1. The predicted molar refractivity (Wildman–Crippen MR) is 75.1 cm³/mol. The highest BCUT2D eigenvalue weighted by Crippen LogP contribution is 1.90. The van der Waals surface area contributed by atoms with E-state index in [0.29, 0.717) is 6.54 Å². The molecule has 0 amide bonds. The van der Waals surface area contributed by atoms with Crippen molar-refractivity contribution in [2.75, 3.05) is 34.7 Å². The lowest BCUT2D eigenvalue weighted by Gasteiger charge is -2.22. The van der Waals surface area contributed by atoms with Crippen LogP contribution in [0, 0.1) is 0 Å². The van der Waals surface area contributed by atoms with E-state index < -0.39 is 0 Å². The van der Waals surface area contributed by atoms with E-state index in [2.05, 4.69) is 15.1 Å². The van der Waals surface area contributed by atoms with Crippen LogP contribution in [0.3, 0.4) is 0 Å². The first kappa shape index (κ1) is 15.1. The molecule has 0 aliphatic carbocycles. The minimum absolute atomic E-state index is 0. The molecule has 0 bridgehead atoms. The van der Waals surface area contributed by atoms with E-state index in [4.69, 9.17) is 0 Å². The van der Waals surface area contributed by atoms with Crippen LogP contribution in [0.2, 0.25) is 0 Å². The average molecular weight is 338 g/mol. The van der Waals surface area contributed by atoms with Crippen molar-refractivity contribution in [1.29, 1.82) is 0 Å². The number of hydrogen-bond donors (Lipinski definition) is 0. The second-order valence-corrected chi connectivity index (χ2v) is 3.63. The molecule has 0 spiro atoms. The molecule has 0 N–H and O–H groups in total. The van der Waals surface area contributed by atoms with Gasteiger partial charge >= 0.3 is 0 Å². The van der Waals surface area contributed by atoms with Crippen LogP contribution in [0.1, 0.15) is 0 Å². The fourth-order valence-electron chi connectivity index (χ4n) is 1.28. The Bertz CT molecular complexity index is 296. The van der Waals surface area contributed by atoms with Crippen molar-refractivity contribution >= 4 is 29.9 Å². The summed E-state index contributed by atoms with van der Waals surface area (Å²) in [7, 11) is 7.92. The molecule has 6 nitrogen and oxygen atoms in total. The van der Waals surface area contributed by atoms with E-state index in [9.17, 15) is 0 Å². The van der Waals surface area contributed by atoms with Gasteiger partial charge in [-0.2, -0.15) is 5.10 Å². The van der Waals surface area contributed by atoms with Gasteiger partial charge in [-0.15, -0.1) is 24.0 Å². The molecule has 16 heavy (non-hydrogen) atoms. The van der Waals surface area contributed by atoms with Gasteiger partial charge < -0.3 is 9.80 Å². The van der Waals surface area contributed by atoms with Gasteiger partial charge in [-0.3, -0.25) is 9.67 Å². The molecule has 0 aliphatic heterocycles. The Kier molecular flexibility index (Phi) is 7.02. The molecule has 1 aromatic heterocycles. The molecule has 0 fully saturated rings. The normalized spacial score (nSPS) is 9.25. The highest BCUT2D eigenvalue weighted by Gasteiger charge is 2.02. The van der Waals surface area contributed by atoms with Crippen LogP contribution < -0.4 is 0 Å². The minimum Gasteiger partial charge on any atom is -0.349 e. The van der Waals surface area contributed by atoms with Crippen molar-refractivity contribution in [2.45, 2.75) is 6.54 Å². The maximum absolute atomic E-state index is 4.48. The Hall–Kier alpha value is -0.860. The van der Waals surface area contributed by atoms with Gasteiger partial charge in [0.05, 0.1) is 13.1 Å². The zero-order valence-corrected chi connectivity index (χ0v) is 12.5. The molecular weight excluding hydrogens is 319 g/mol. The summed E-state index contributed by atoms with van der Waals surface area (Å²) in [6.07, 6.45) is 3.23. The Morgan fingerprint density at radius 1 is 1.25 bits per heavy atom. The number of guanidine groups is 1. The molecule has 0 unspecified atom stereocenters. The molecule has 0 aliphatic rings. The van der Waals surface area contributed by atoms with Crippen molar-refractivity contribution in [3.63, 3.8) is 0 Å². The first-order valence-corrected chi connectivity index (χ1v) is 4.82. The summed E-state index contributed by atoms with van der Waals surface area (Å²) >= 11 is 0. The molecule has 0 atom stereocenters. The molecular formula is C9H19IN6. The highest BCUT2D eigenvalue weighted by molar-refractivity contribution is 14.0. The molecule has 1 aromatic rings. The van der Waals surface area contributed by atoms with Gasteiger partial charge in [-0.05, 0) is 0 Å². The van der Waals surface area contributed by atoms with E-state index in [1.54, 1.807) is 11.0 Å². The standard InChI is InChI=1S/C9H18N6.HI/c1-13(2)9(14(3)4)11-5-6-15-8-10-7-12-15;/h7-8H,5-6H2,1-4H3;1H. The van der Waals surface area contributed by atoms with E-state index in [1.807, 2.05) is 38.0 Å². The van der Waals surface area contributed by atoms with Crippen molar-refractivity contribution in [2.24, 2.45) is 4.99 Å². The largest absolute Gasteiger partial charge is 0.349 e. The first-order valence-electron chi connectivity index (χ1n) is 4.82. The maximum Gasteiger partial charge on any atom is 0.195 e. The van der Waals surface area contributed by atoms with Crippen LogP contribution >= 0.6 is 24.0 Å². The third kappa shape index (κ3) is 4.77. The second-order valence-electron chi connectivity index (χ2n) is 3.63. The lowest BCUT2D eigenvalue weighted by Crippen LogP contribution is -2.35. The van der Waals surface area contributed by atoms with Crippen LogP contribution in [-0.4, -0.2) is 65.3 Å². The smallest absolute Gasteiger partial charge is 0.195 e. The summed E-state index contributed by atoms with van der Waals surface area (Å²) in [4.78, 5) is 12.3. The second kappa shape index (κ2) is 7.42. The third-order valence-corrected chi connectivity index (χ3v) is 1.85.